The van der Waals surface area contributed by atoms with Crippen molar-refractivity contribution in [2.45, 2.75) is 32.1 Å². The molecular weight excluding hydrogens is 294 g/mol. The van der Waals surface area contributed by atoms with E-state index in [1.807, 2.05) is 0 Å². The summed E-state index contributed by atoms with van der Waals surface area (Å²) >= 11 is 6.00. The molecule has 6 nitrogen and oxygen atoms in total. The molecule has 2 rings (SSSR count). The first-order chi connectivity index (χ1) is 9.98. The number of halogens is 1. The number of hydrogen-bond donors (Lipinski definition) is 2. The molecule has 114 valence electrons. The third kappa shape index (κ3) is 3.33. The molecule has 0 bridgehead atoms. The van der Waals surface area contributed by atoms with Crippen LogP contribution < -0.4 is 11.1 Å². The molecule has 1 aliphatic rings. The van der Waals surface area contributed by atoms with Crippen molar-refractivity contribution in [3.8, 4) is 0 Å². The monoisotopic (exact) mass is 311 g/mol. The van der Waals surface area contributed by atoms with Crippen molar-refractivity contribution in [1.29, 1.82) is 0 Å². The van der Waals surface area contributed by atoms with E-state index in [1.165, 1.54) is 18.2 Å². The van der Waals surface area contributed by atoms with Crippen LogP contribution in [0.1, 0.15) is 32.1 Å². The van der Waals surface area contributed by atoms with Gasteiger partial charge in [-0.15, -0.1) is 0 Å². The average molecular weight is 312 g/mol. The maximum absolute atomic E-state index is 12.5. The first-order valence-electron chi connectivity index (χ1n) is 6.94. The number of non-ortho nitro benzene ring substituents is 1. The Bertz CT molecular complexity index is 556. The zero-order valence-electron chi connectivity index (χ0n) is 11.6. The Labute approximate surface area is 127 Å². The lowest BCUT2D eigenvalue weighted by Crippen LogP contribution is -2.43. The van der Waals surface area contributed by atoms with Gasteiger partial charge in [0.25, 0.3) is 5.69 Å². The zero-order valence-corrected chi connectivity index (χ0v) is 12.4. The van der Waals surface area contributed by atoms with Crippen molar-refractivity contribution in [3.63, 3.8) is 0 Å². The quantitative estimate of drug-likeness (QED) is 0.659. The van der Waals surface area contributed by atoms with Gasteiger partial charge in [-0.05, 0) is 18.9 Å². The summed E-state index contributed by atoms with van der Waals surface area (Å²) < 4.78 is 0. The van der Waals surface area contributed by atoms with Crippen LogP contribution in [0.25, 0.3) is 0 Å². The maximum atomic E-state index is 12.5. The van der Waals surface area contributed by atoms with Crippen LogP contribution in [-0.2, 0) is 4.79 Å². The van der Waals surface area contributed by atoms with E-state index in [1.54, 1.807) is 0 Å². The molecule has 0 saturated heterocycles. The van der Waals surface area contributed by atoms with Crippen LogP contribution in [0.2, 0.25) is 5.02 Å². The highest BCUT2D eigenvalue weighted by Gasteiger charge is 2.38. The molecule has 0 spiro atoms. The van der Waals surface area contributed by atoms with Gasteiger partial charge in [-0.2, -0.15) is 0 Å². The van der Waals surface area contributed by atoms with Crippen molar-refractivity contribution < 1.29 is 9.72 Å². The number of nitrogens with one attached hydrogen (secondary N) is 1. The van der Waals surface area contributed by atoms with Gasteiger partial charge < -0.3 is 11.1 Å². The molecule has 0 atom stereocenters. The normalized spacial score (nSPS) is 17.2. The Morgan fingerprint density at radius 1 is 1.38 bits per heavy atom. The van der Waals surface area contributed by atoms with Gasteiger partial charge in [0.15, 0.2) is 0 Å². The molecule has 1 aromatic rings. The van der Waals surface area contributed by atoms with Gasteiger partial charge in [-0.3, -0.25) is 14.9 Å². The van der Waals surface area contributed by atoms with Crippen molar-refractivity contribution in [1.82, 2.24) is 0 Å². The van der Waals surface area contributed by atoms with Crippen LogP contribution in [0.5, 0.6) is 0 Å². The summed E-state index contributed by atoms with van der Waals surface area (Å²) in [7, 11) is 0. The van der Waals surface area contributed by atoms with E-state index in [2.05, 4.69) is 5.32 Å². The Kier molecular flexibility index (Phi) is 4.80. The molecule has 1 saturated carbocycles. The lowest BCUT2D eigenvalue weighted by molar-refractivity contribution is -0.384. The number of nitro groups is 1. The first kappa shape index (κ1) is 15.7. The molecule has 0 aliphatic heterocycles. The number of amides is 1. The molecule has 0 aromatic heterocycles. The fraction of sp³-hybridized carbons (Fsp3) is 0.500. The van der Waals surface area contributed by atoms with Gasteiger partial charge in [0.05, 0.1) is 21.0 Å². The third-order valence-electron chi connectivity index (χ3n) is 4.09. The molecule has 1 fully saturated rings. The van der Waals surface area contributed by atoms with E-state index < -0.39 is 10.3 Å². The SMILES string of the molecule is NCC1(C(=O)Nc2cc([N+](=O)[O-])ccc2Cl)CCCCC1. The van der Waals surface area contributed by atoms with Crippen LogP contribution in [0.3, 0.4) is 0 Å². The number of nitro benzene ring substituents is 1. The summed E-state index contributed by atoms with van der Waals surface area (Å²) in [6.07, 6.45) is 4.51. The minimum absolute atomic E-state index is 0.111. The van der Waals surface area contributed by atoms with Crippen LogP contribution in [-0.4, -0.2) is 17.4 Å². The molecule has 21 heavy (non-hydrogen) atoms. The Morgan fingerprint density at radius 3 is 2.62 bits per heavy atom. The van der Waals surface area contributed by atoms with Crippen LogP contribution >= 0.6 is 11.6 Å². The number of nitrogens with zero attached hydrogens (tertiary/aromatic N) is 1. The predicted molar refractivity (Wildman–Crippen MR) is 81.3 cm³/mol. The number of benzene rings is 1. The van der Waals surface area contributed by atoms with Crippen molar-refractivity contribution in [3.05, 3.63) is 33.3 Å². The lowest BCUT2D eigenvalue weighted by Gasteiger charge is -2.34. The molecule has 1 aliphatic carbocycles. The predicted octanol–water partition coefficient (Wildman–Crippen LogP) is 3.10. The molecule has 0 heterocycles. The molecule has 0 unspecified atom stereocenters. The Balaban J connectivity index is 2.22. The largest absolute Gasteiger partial charge is 0.329 e. The minimum atomic E-state index is -0.591. The van der Waals surface area contributed by atoms with E-state index in [0.29, 0.717) is 0 Å². The summed E-state index contributed by atoms with van der Waals surface area (Å²) in [5, 5.41) is 13.8. The first-order valence-corrected chi connectivity index (χ1v) is 7.32. The second-order valence-corrected chi connectivity index (χ2v) is 5.83. The molecule has 0 radical (unpaired) electrons. The molecule has 1 aromatic carbocycles. The fourth-order valence-corrected chi connectivity index (χ4v) is 2.89. The summed E-state index contributed by atoms with van der Waals surface area (Å²) in [6.45, 7) is 0.269. The second-order valence-electron chi connectivity index (χ2n) is 5.42. The number of anilines is 1. The summed E-state index contributed by atoms with van der Waals surface area (Å²) in [6, 6.07) is 3.98. The van der Waals surface area contributed by atoms with Gasteiger partial charge in [-0.25, -0.2) is 0 Å². The standard InChI is InChI=1S/C14H18ClN3O3/c15-11-5-4-10(18(20)21)8-12(11)17-13(19)14(9-16)6-2-1-3-7-14/h4-5,8H,1-3,6-7,9,16H2,(H,17,19). The summed E-state index contributed by atoms with van der Waals surface area (Å²) in [4.78, 5) is 22.8. The highest BCUT2D eigenvalue weighted by molar-refractivity contribution is 6.33. The second kappa shape index (κ2) is 6.41. The fourth-order valence-electron chi connectivity index (χ4n) is 2.73. The van der Waals surface area contributed by atoms with Gasteiger partial charge in [0.1, 0.15) is 0 Å². The smallest absolute Gasteiger partial charge is 0.271 e. The number of rotatable bonds is 4. The Morgan fingerprint density at radius 2 is 2.05 bits per heavy atom. The van der Waals surface area contributed by atoms with E-state index >= 15 is 0 Å². The summed E-state index contributed by atoms with van der Waals surface area (Å²) in [5.74, 6) is -0.202. The zero-order chi connectivity index (χ0) is 15.5. The highest BCUT2D eigenvalue weighted by atomic mass is 35.5. The third-order valence-corrected chi connectivity index (χ3v) is 4.42. The van der Waals surface area contributed by atoms with Crippen molar-refractivity contribution >= 4 is 28.9 Å². The highest BCUT2D eigenvalue weighted by Crippen LogP contribution is 2.37. The van der Waals surface area contributed by atoms with E-state index in [9.17, 15) is 14.9 Å². The number of nitrogens with two attached hydrogens (primary N) is 1. The van der Waals surface area contributed by atoms with E-state index in [-0.39, 0.29) is 28.8 Å². The Hall–Kier alpha value is -1.66. The molecule has 7 heteroatoms. The average Bonchev–Trinajstić information content (AvgIpc) is 2.49. The van der Waals surface area contributed by atoms with Crippen LogP contribution in [0.15, 0.2) is 18.2 Å². The number of hydrogen-bond acceptors (Lipinski definition) is 4. The maximum Gasteiger partial charge on any atom is 0.271 e. The number of carbonyl (C=O) groups is 1. The van der Waals surface area contributed by atoms with Crippen molar-refractivity contribution in [2.75, 3.05) is 11.9 Å². The van der Waals surface area contributed by atoms with Gasteiger partial charge in [-0.1, -0.05) is 30.9 Å². The van der Waals surface area contributed by atoms with E-state index in [0.717, 1.165) is 32.1 Å². The van der Waals surface area contributed by atoms with Crippen molar-refractivity contribution in [2.24, 2.45) is 11.1 Å². The van der Waals surface area contributed by atoms with Gasteiger partial charge in [0, 0.05) is 18.7 Å². The number of carbonyl (C=O) groups excluding carboxylic acids is 1. The van der Waals surface area contributed by atoms with Gasteiger partial charge >= 0.3 is 0 Å². The molecule has 3 N–H and O–H groups in total. The van der Waals surface area contributed by atoms with Gasteiger partial charge in [0.2, 0.25) is 5.91 Å². The lowest BCUT2D eigenvalue weighted by atomic mass is 9.73. The molecule has 1 amide bonds. The topological polar surface area (TPSA) is 98.3 Å². The minimum Gasteiger partial charge on any atom is -0.329 e. The van der Waals surface area contributed by atoms with Crippen LogP contribution in [0.4, 0.5) is 11.4 Å². The van der Waals surface area contributed by atoms with Crippen LogP contribution in [0, 0.1) is 15.5 Å². The summed E-state index contributed by atoms with van der Waals surface area (Å²) in [5.41, 5.74) is 5.36. The molecular formula is C14H18ClN3O3. The van der Waals surface area contributed by atoms with E-state index in [4.69, 9.17) is 17.3 Å².